The second kappa shape index (κ2) is 7.03. The summed E-state index contributed by atoms with van der Waals surface area (Å²) in [5.74, 6) is 0.142. The van der Waals surface area contributed by atoms with Crippen molar-refractivity contribution in [2.45, 2.75) is 49.3 Å². The van der Waals surface area contributed by atoms with Gasteiger partial charge < -0.3 is 9.80 Å². The zero-order chi connectivity index (χ0) is 21.1. The Bertz CT molecular complexity index is 1040. The molecule has 2 aromatic carbocycles. The largest absolute Gasteiger partial charge is 0.314 e. The fourth-order valence-corrected chi connectivity index (χ4v) is 6.74. The van der Waals surface area contributed by atoms with Crippen molar-refractivity contribution in [1.29, 1.82) is 0 Å². The average molecular weight is 441 g/mol. The number of anilines is 1. The van der Waals surface area contributed by atoms with Gasteiger partial charge in [0.1, 0.15) is 0 Å². The summed E-state index contributed by atoms with van der Waals surface area (Å²) in [7, 11) is 0. The molecule has 0 aromatic heterocycles. The average Bonchev–Trinajstić information content (AvgIpc) is 3.09. The minimum Gasteiger partial charge on any atom is -0.314 e. The topological polar surface area (TPSA) is 40.6 Å². The predicted molar refractivity (Wildman–Crippen MR) is 121 cm³/mol. The summed E-state index contributed by atoms with van der Waals surface area (Å²) < 4.78 is -0.206. The van der Waals surface area contributed by atoms with Gasteiger partial charge in [-0.05, 0) is 44.4 Å². The monoisotopic (exact) mass is 440 g/mol. The summed E-state index contributed by atoms with van der Waals surface area (Å²) in [4.78, 5) is 30.3. The molecule has 5 rings (SSSR count). The van der Waals surface area contributed by atoms with Crippen LogP contribution in [0.2, 0.25) is 5.02 Å². The molecule has 156 valence electrons. The molecular formula is C24H25ClN2O2S. The molecule has 2 aromatic rings. The van der Waals surface area contributed by atoms with Crippen LogP contribution in [0.5, 0.6) is 0 Å². The van der Waals surface area contributed by atoms with Gasteiger partial charge in [-0.25, -0.2) is 0 Å². The van der Waals surface area contributed by atoms with E-state index in [1.54, 1.807) is 11.8 Å². The zero-order valence-corrected chi connectivity index (χ0v) is 18.8. The third kappa shape index (κ3) is 2.89. The minimum atomic E-state index is -0.992. The summed E-state index contributed by atoms with van der Waals surface area (Å²) in [6.45, 7) is 5.22. The van der Waals surface area contributed by atoms with Crippen molar-refractivity contribution in [3.05, 3.63) is 64.7 Å². The molecule has 1 unspecified atom stereocenters. The number of hydrogen-bond acceptors (Lipinski definition) is 3. The normalized spacial score (nSPS) is 25.0. The molecule has 2 heterocycles. The molecule has 1 spiro atoms. The van der Waals surface area contributed by atoms with E-state index in [0.717, 1.165) is 36.1 Å². The highest BCUT2D eigenvalue weighted by molar-refractivity contribution is 8.02. The number of carbonyl (C=O) groups excluding carboxylic acids is 2. The first-order valence-corrected chi connectivity index (χ1v) is 11.7. The fraction of sp³-hybridized carbons (Fsp3) is 0.417. The van der Waals surface area contributed by atoms with E-state index >= 15 is 0 Å². The second-order valence-electron chi connectivity index (χ2n) is 9.06. The standard InChI is InChI=1S/C24H25ClN2O2S/c1-23(2)15-27(21(28)16-9-7-10-16)24(30-23)18-11-4-6-13-20(18)26(22(24)29)14-17-8-3-5-12-19(17)25/h3-6,8,11-13,16H,7,9-10,14-15H2,1-2H3. The number of thioether (sulfide) groups is 1. The Morgan fingerprint density at radius 3 is 2.53 bits per heavy atom. The molecule has 1 aliphatic carbocycles. The zero-order valence-electron chi connectivity index (χ0n) is 17.2. The van der Waals surface area contributed by atoms with Gasteiger partial charge in [0.25, 0.3) is 5.91 Å². The van der Waals surface area contributed by atoms with Gasteiger partial charge in [0, 0.05) is 27.8 Å². The molecule has 1 saturated carbocycles. The lowest BCUT2D eigenvalue weighted by molar-refractivity contribution is -0.146. The summed E-state index contributed by atoms with van der Waals surface area (Å²) >= 11 is 8.03. The molecule has 6 heteroatoms. The van der Waals surface area contributed by atoms with Crippen LogP contribution in [-0.4, -0.2) is 28.0 Å². The van der Waals surface area contributed by atoms with Crippen LogP contribution in [0.15, 0.2) is 48.5 Å². The lowest BCUT2D eigenvalue weighted by Gasteiger charge is -2.37. The van der Waals surface area contributed by atoms with Crippen LogP contribution in [0, 0.1) is 5.92 Å². The van der Waals surface area contributed by atoms with E-state index in [1.807, 2.05) is 58.3 Å². The van der Waals surface area contributed by atoms with E-state index in [2.05, 4.69) is 13.8 Å². The van der Waals surface area contributed by atoms with Gasteiger partial charge in [0.2, 0.25) is 5.91 Å². The second-order valence-corrected chi connectivity index (χ2v) is 11.4. The highest BCUT2D eigenvalue weighted by Crippen LogP contribution is 2.60. The summed E-state index contributed by atoms with van der Waals surface area (Å²) in [6, 6.07) is 15.5. The first-order valence-electron chi connectivity index (χ1n) is 10.5. The molecule has 4 nitrogen and oxygen atoms in total. The molecule has 0 N–H and O–H groups in total. The van der Waals surface area contributed by atoms with Gasteiger partial charge >= 0.3 is 0 Å². The molecule has 2 fully saturated rings. The highest BCUT2D eigenvalue weighted by atomic mass is 35.5. The van der Waals surface area contributed by atoms with Crippen molar-refractivity contribution in [3.8, 4) is 0 Å². The molecule has 3 aliphatic rings. The molecule has 0 radical (unpaired) electrons. The maximum absolute atomic E-state index is 14.1. The number of para-hydroxylation sites is 1. The fourth-order valence-electron chi connectivity index (χ4n) is 4.80. The number of halogens is 1. The van der Waals surface area contributed by atoms with E-state index < -0.39 is 4.87 Å². The van der Waals surface area contributed by atoms with Crippen molar-refractivity contribution in [3.63, 3.8) is 0 Å². The van der Waals surface area contributed by atoms with Crippen LogP contribution < -0.4 is 4.90 Å². The maximum Gasteiger partial charge on any atom is 0.268 e. The molecular weight excluding hydrogens is 416 g/mol. The van der Waals surface area contributed by atoms with Gasteiger partial charge in [-0.3, -0.25) is 9.59 Å². The Morgan fingerprint density at radius 1 is 1.13 bits per heavy atom. The van der Waals surface area contributed by atoms with Crippen molar-refractivity contribution < 1.29 is 9.59 Å². The molecule has 1 atom stereocenters. The van der Waals surface area contributed by atoms with E-state index in [4.69, 9.17) is 11.6 Å². The van der Waals surface area contributed by atoms with Crippen LogP contribution in [0.1, 0.15) is 44.2 Å². The van der Waals surface area contributed by atoms with Crippen LogP contribution in [0.25, 0.3) is 0 Å². The van der Waals surface area contributed by atoms with Crippen molar-refractivity contribution in [2.24, 2.45) is 5.92 Å². The highest BCUT2D eigenvalue weighted by Gasteiger charge is 2.64. The number of rotatable bonds is 3. The number of amides is 2. The summed E-state index contributed by atoms with van der Waals surface area (Å²) in [5.41, 5.74) is 2.70. The summed E-state index contributed by atoms with van der Waals surface area (Å²) in [6.07, 6.45) is 2.95. The lowest BCUT2D eigenvalue weighted by Crippen LogP contribution is -2.52. The third-order valence-electron chi connectivity index (χ3n) is 6.44. The summed E-state index contributed by atoms with van der Waals surface area (Å²) in [5, 5.41) is 0.644. The number of fused-ring (bicyclic) bond motifs is 2. The molecule has 1 saturated heterocycles. The third-order valence-corrected chi connectivity index (χ3v) is 8.41. The van der Waals surface area contributed by atoms with E-state index in [9.17, 15) is 9.59 Å². The van der Waals surface area contributed by atoms with E-state index in [0.29, 0.717) is 18.1 Å². The number of benzene rings is 2. The van der Waals surface area contributed by atoms with Crippen LogP contribution in [0.3, 0.4) is 0 Å². The SMILES string of the molecule is CC1(C)CN(C(=O)C2CCC2)C2(S1)C(=O)N(Cc1ccccc1Cl)c1ccccc12. The number of nitrogens with zero attached hydrogens (tertiary/aromatic N) is 2. The molecule has 30 heavy (non-hydrogen) atoms. The predicted octanol–water partition coefficient (Wildman–Crippen LogP) is 5.19. The van der Waals surface area contributed by atoms with Crippen LogP contribution in [-0.2, 0) is 21.0 Å². The first kappa shape index (κ1) is 20.0. The van der Waals surface area contributed by atoms with Gasteiger partial charge in [-0.1, -0.05) is 54.4 Å². The Labute approximate surface area is 186 Å². The van der Waals surface area contributed by atoms with Crippen molar-refractivity contribution in [2.75, 3.05) is 11.4 Å². The Balaban J connectivity index is 1.61. The lowest BCUT2D eigenvalue weighted by atomic mass is 9.83. The van der Waals surface area contributed by atoms with Gasteiger partial charge in [0.15, 0.2) is 4.87 Å². The van der Waals surface area contributed by atoms with E-state index in [1.165, 1.54) is 0 Å². The van der Waals surface area contributed by atoms with Crippen LogP contribution >= 0.6 is 23.4 Å². The smallest absolute Gasteiger partial charge is 0.268 e. The molecule has 2 aliphatic heterocycles. The Hall–Kier alpha value is -1.98. The van der Waals surface area contributed by atoms with Gasteiger partial charge in [0.05, 0.1) is 12.2 Å². The number of carbonyl (C=O) groups is 2. The molecule has 0 bridgehead atoms. The van der Waals surface area contributed by atoms with E-state index in [-0.39, 0.29) is 22.5 Å². The van der Waals surface area contributed by atoms with Crippen molar-refractivity contribution >= 4 is 40.9 Å². The maximum atomic E-state index is 14.1. The Morgan fingerprint density at radius 2 is 1.83 bits per heavy atom. The number of hydrogen-bond donors (Lipinski definition) is 0. The van der Waals surface area contributed by atoms with Crippen LogP contribution in [0.4, 0.5) is 5.69 Å². The van der Waals surface area contributed by atoms with Gasteiger partial charge in [-0.15, -0.1) is 11.8 Å². The van der Waals surface area contributed by atoms with Crippen molar-refractivity contribution in [1.82, 2.24) is 4.90 Å². The first-order chi connectivity index (χ1) is 14.3. The quantitative estimate of drug-likeness (QED) is 0.659. The van der Waals surface area contributed by atoms with Gasteiger partial charge in [-0.2, -0.15) is 0 Å². The Kier molecular flexibility index (Phi) is 4.67. The molecule has 2 amide bonds. The minimum absolute atomic E-state index is 0.0353.